The molecule has 1 aromatic carbocycles. The summed E-state index contributed by atoms with van der Waals surface area (Å²) >= 11 is 1.45. The number of benzene rings is 1. The summed E-state index contributed by atoms with van der Waals surface area (Å²) in [6.45, 7) is 2.09. The van der Waals surface area contributed by atoms with E-state index in [1.54, 1.807) is 18.2 Å². The van der Waals surface area contributed by atoms with Crippen LogP contribution in [0.25, 0.3) is 10.2 Å². The number of aryl methyl sites for hydroxylation is 1. The Morgan fingerprint density at radius 1 is 1.35 bits per heavy atom. The molecular weight excluding hydrogens is 317 g/mol. The van der Waals surface area contributed by atoms with Gasteiger partial charge in [-0.1, -0.05) is 12.1 Å². The molecule has 5 nitrogen and oxygen atoms in total. The third kappa shape index (κ3) is 3.45. The van der Waals surface area contributed by atoms with Crippen LogP contribution < -0.4 is 10.9 Å². The summed E-state index contributed by atoms with van der Waals surface area (Å²) in [5, 5.41) is 3.23. The van der Waals surface area contributed by atoms with Crippen molar-refractivity contribution in [2.45, 2.75) is 20.0 Å². The van der Waals surface area contributed by atoms with Crippen LogP contribution in [0.4, 0.5) is 4.39 Å². The Labute approximate surface area is 135 Å². The number of halogens is 1. The van der Waals surface area contributed by atoms with E-state index < -0.39 is 0 Å². The van der Waals surface area contributed by atoms with Crippen LogP contribution in [0.3, 0.4) is 0 Å². The molecule has 0 bridgehead atoms. The first-order valence-electron chi connectivity index (χ1n) is 6.99. The van der Waals surface area contributed by atoms with Crippen molar-refractivity contribution in [1.29, 1.82) is 0 Å². The number of fused-ring (bicyclic) bond motifs is 1. The molecule has 0 fully saturated rings. The van der Waals surface area contributed by atoms with E-state index in [0.29, 0.717) is 10.2 Å². The highest BCUT2D eigenvalue weighted by Crippen LogP contribution is 2.19. The highest BCUT2D eigenvalue weighted by molar-refractivity contribution is 7.18. The molecule has 1 amide bonds. The third-order valence-electron chi connectivity index (χ3n) is 3.36. The average molecular weight is 331 g/mol. The summed E-state index contributed by atoms with van der Waals surface area (Å²) in [6, 6.07) is 7.65. The van der Waals surface area contributed by atoms with Gasteiger partial charge in [0.25, 0.3) is 5.56 Å². The van der Waals surface area contributed by atoms with Crippen LogP contribution in [0.5, 0.6) is 0 Å². The van der Waals surface area contributed by atoms with Gasteiger partial charge >= 0.3 is 0 Å². The Morgan fingerprint density at radius 3 is 2.83 bits per heavy atom. The molecule has 0 aliphatic rings. The first-order valence-corrected chi connectivity index (χ1v) is 7.81. The lowest BCUT2D eigenvalue weighted by atomic mass is 10.2. The van der Waals surface area contributed by atoms with Crippen molar-refractivity contribution >= 4 is 27.5 Å². The lowest BCUT2D eigenvalue weighted by Crippen LogP contribution is -2.32. The number of aromatic nitrogens is 2. The number of thiophene rings is 1. The maximum absolute atomic E-state index is 12.8. The van der Waals surface area contributed by atoms with Crippen LogP contribution >= 0.6 is 11.3 Å². The maximum atomic E-state index is 12.8. The summed E-state index contributed by atoms with van der Waals surface area (Å²) in [6.07, 6.45) is 1.39. The molecule has 7 heteroatoms. The molecule has 0 spiro atoms. The van der Waals surface area contributed by atoms with Crippen LogP contribution in [0.15, 0.2) is 41.5 Å². The highest BCUT2D eigenvalue weighted by Gasteiger charge is 2.10. The standard InChI is InChI=1S/C16H14FN3O2S/c1-10-6-13-15(23-10)19-9-20(16(13)22)8-14(21)18-7-11-2-4-12(17)5-3-11/h2-6,9H,7-8H2,1H3,(H,18,21). The molecule has 3 rings (SSSR count). The van der Waals surface area contributed by atoms with E-state index in [4.69, 9.17) is 0 Å². The molecule has 0 aliphatic carbocycles. The molecule has 0 radical (unpaired) electrons. The number of amides is 1. The second-order valence-corrected chi connectivity index (χ2v) is 6.39. The number of nitrogens with one attached hydrogen (secondary N) is 1. The van der Waals surface area contributed by atoms with Gasteiger partial charge in [0.05, 0.1) is 11.7 Å². The van der Waals surface area contributed by atoms with Crippen molar-refractivity contribution in [2.24, 2.45) is 0 Å². The van der Waals surface area contributed by atoms with Gasteiger partial charge in [0.1, 0.15) is 17.2 Å². The van der Waals surface area contributed by atoms with Crippen LogP contribution in [0.2, 0.25) is 0 Å². The molecule has 2 aromatic heterocycles. The first kappa shape index (κ1) is 15.4. The van der Waals surface area contributed by atoms with Gasteiger partial charge in [-0.25, -0.2) is 9.37 Å². The van der Waals surface area contributed by atoms with E-state index >= 15 is 0 Å². The van der Waals surface area contributed by atoms with Gasteiger partial charge in [-0.05, 0) is 30.7 Å². The van der Waals surface area contributed by atoms with Gasteiger partial charge < -0.3 is 5.32 Å². The molecule has 0 aliphatic heterocycles. The van der Waals surface area contributed by atoms with E-state index in [1.165, 1.54) is 34.4 Å². The van der Waals surface area contributed by atoms with Crippen molar-refractivity contribution in [3.05, 3.63) is 63.3 Å². The van der Waals surface area contributed by atoms with Crippen LogP contribution in [-0.2, 0) is 17.9 Å². The number of nitrogens with zero attached hydrogens (tertiary/aromatic N) is 2. The Balaban J connectivity index is 1.69. The highest BCUT2D eigenvalue weighted by atomic mass is 32.1. The van der Waals surface area contributed by atoms with Crippen LogP contribution in [0, 0.1) is 12.7 Å². The van der Waals surface area contributed by atoms with E-state index in [2.05, 4.69) is 10.3 Å². The minimum Gasteiger partial charge on any atom is -0.350 e. The van der Waals surface area contributed by atoms with Gasteiger partial charge in [-0.15, -0.1) is 11.3 Å². The summed E-state index contributed by atoms with van der Waals surface area (Å²) < 4.78 is 14.1. The van der Waals surface area contributed by atoms with Crippen LogP contribution in [0.1, 0.15) is 10.4 Å². The van der Waals surface area contributed by atoms with Crippen LogP contribution in [-0.4, -0.2) is 15.5 Å². The van der Waals surface area contributed by atoms with Crippen molar-refractivity contribution in [2.75, 3.05) is 0 Å². The summed E-state index contributed by atoms with van der Waals surface area (Å²) in [7, 11) is 0. The normalized spacial score (nSPS) is 10.9. The minimum absolute atomic E-state index is 0.0993. The molecule has 0 saturated carbocycles. The van der Waals surface area contributed by atoms with Gasteiger partial charge in [-0.2, -0.15) is 0 Å². The fourth-order valence-corrected chi connectivity index (χ4v) is 3.04. The molecule has 2 heterocycles. The zero-order valence-electron chi connectivity index (χ0n) is 12.4. The SMILES string of the molecule is Cc1cc2c(=O)n(CC(=O)NCc3ccc(F)cc3)cnc2s1. The molecular formula is C16H14FN3O2S. The number of hydrogen-bond donors (Lipinski definition) is 1. The van der Waals surface area contributed by atoms with E-state index in [0.717, 1.165) is 10.4 Å². The zero-order valence-corrected chi connectivity index (χ0v) is 13.2. The topological polar surface area (TPSA) is 64.0 Å². The second-order valence-electron chi connectivity index (χ2n) is 5.16. The quantitative estimate of drug-likeness (QED) is 0.797. The van der Waals surface area contributed by atoms with Gasteiger partial charge in [-0.3, -0.25) is 14.2 Å². The largest absolute Gasteiger partial charge is 0.350 e. The summed E-state index contributed by atoms with van der Waals surface area (Å²) in [5.74, 6) is -0.624. The lowest BCUT2D eigenvalue weighted by molar-refractivity contribution is -0.121. The van der Waals surface area contributed by atoms with Gasteiger partial charge in [0.2, 0.25) is 5.91 Å². The Bertz CT molecular complexity index is 915. The molecule has 23 heavy (non-hydrogen) atoms. The second kappa shape index (κ2) is 6.29. The van der Waals surface area contributed by atoms with Crippen molar-refractivity contribution < 1.29 is 9.18 Å². The predicted octanol–water partition coefficient (Wildman–Crippen LogP) is 2.22. The Hall–Kier alpha value is -2.54. The number of hydrogen-bond acceptors (Lipinski definition) is 4. The first-order chi connectivity index (χ1) is 11.0. The monoisotopic (exact) mass is 331 g/mol. The fraction of sp³-hybridized carbons (Fsp3) is 0.188. The smallest absolute Gasteiger partial charge is 0.262 e. The van der Waals surface area contributed by atoms with Crippen molar-refractivity contribution in [3.63, 3.8) is 0 Å². The molecule has 0 saturated heterocycles. The fourth-order valence-electron chi connectivity index (χ4n) is 2.21. The number of carbonyl (C=O) groups excluding carboxylic acids is 1. The molecule has 3 aromatic rings. The summed E-state index contributed by atoms with van der Waals surface area (Å²) in [4.78, 5) is 30.2. The minimum atomic E-state index is -0.322. The zero-order chi connectivity index (χ0) is 16.4. The Kier molecular flexibility index (Phi) is 4.20. The summed E-state index contributed by atoms with van der Waals surface area (Å²) in [5.41, 5.74) is 0.561. The molecule has 118 valence electrons. The van der Waals surface area contributed by atoms with E-state index in [9.17, 15) is 14.0 Å². The van der Waals surface area contributed by atoms with E-state index in [-0.39, 0.29) is 30.4 Å². The number of rotatable bonds is 4. The molecule has 0 unspecified atom stereocenters. The predicted molar refractivity (Wildman–Crippen MR) is 86.9 cm³/mol. The van der Waals surface area contributed by atoms with Gasteiger partial charge in [0, 0.05) is 11.4 Å². The third-order valence-corrected chi connectivity index (χ3v) is 4.32. The maximum Gasteiger partial charge on any atom is 0.262 e. The van der Waals surface area contributed by atoms with Gasteiger partial charge in [0.15, 0.2) is 0 Å². The van der Waals surface area contributed by atoms with E-state index in [1.807, 2.05) is 6.92 Å². The van der Waals surface area contributed by atoms with Crippen molar-refractivity contribution in [3.8, 4) is 0 Å². The lowest BCUT2D eigenvalue weighted by Gasteiger charge is -2.07. The van der Waals surface area contributed by atoms with Crippen molar-refractivity contribution in [1.82, 2.24) is 14.9 Å². The molecule has 0 atom stereocenters. The Morgan fingerprint density at radius 2 is 2.09 bits per heavy atom. The number of carbonyl (C=O) groups is 1. The molecule has 1 N–H and O–H groups in total. The average Bonchev–Trinajstić information content (AvgIpc) is 2.91.